The quantitative estimate of drug-likeness (QED) is 0.744. The van der Waals surface area contributed by atoms with E-state index in [9.17, 15) is 0 Å². The summed E-state index contributed by atoms with van der Waals surface area (Å²) in [5.41, 5.74) is 8.97. The number of benzene rings is 2. The summed E-state index contributed by atoms with van der Waals surface area (Å²) < 4.78 is 0. The molecule has 0 aliphatic rings. The summed E-state index contributed by atoms with van der Waals surface area (Å²) in [5, 5.41) is 9.39. The van der Waals surface area contributed by atoms with Crippen molar-refractivity contribution in [2.45, 2.75) is 0 Å². The molecule has 0 bridgehead atoms. The molecule has 2 aromatic carbocycles. The molecule has 0 unspecified atom stereocenters. The van der Waals surface area contributed by atoms with Gasteiger partial charge in [0, 0.05) is 5.57 Å². The predicted molar refractivity (Wildman–Crippen MR) is 84.2 cm³/mol. The molecular weight excluding hydrogens is 266 g/mol. The Bertz CT molecular complexity index is 718. The van der Waals surface area contributed by atoms with Crippen LogP contribution in [0.1, 0.15) is 16.1 Å². The van der Waals surface area contributed by atoms with Crippen LogP contribution < -0.4 is 5.73 Å². The van der Waals surface area contributed by atoms with Gasteiger partial charge in [-0.05, 0) is 17.2 Å². The van der Waals surface area contributed by atoms with Gasteiger partial charge >= 0.3 is 0 Å². The molecule has 0 fully saturated rings. The number of aromatic nitrogens is 2. The molecule has 98 valence electrons. The standard InChI is InChI=1S/C16H13N3S/c17-16-19-18-15(20-16)14(13-9-5-2-6-10-13)11-12-7-3-1-4-8-12/h1-11H,(H2,17,19)/b14-11+. The highest BCUT2D eigenvalue weighted by Gasteiger charge is 2.10. The van der Waals surface area contributed by atoms with Gasteiger partial charge in [0.25, 0.3) is 0 Å². The summed E-state index contributed by atoms with van der Waals surface area (Å²) >= 11 is 1.40. The van der Waals surface area contributed by atoms with Gasteiger partial charge in [0.1, 0.15) is 5.01 Å². The summed E-state index contributed by atoms with van der Waals surface area (Å²) in [6, 6.07) is 20.3. The van der Waals surface area contributed by atoms with Crippen LogP contribution in [0, 0.1) is 0 Å². The molecule has 0 aliphatic carbocycles. The zero-order valence-corrected chi connectivity index (χ0v) is 11.5. The van der Waals surface area contributed by atoms with Crippen LogP contribution in [0.3, 0.4) is 0 Å². The fourth-order valence-electron chi connectivity index (χ4n) is 1.95. The number of nitrogens with zero attached hydrogens (tertiary/aromatic N) is 2. The molecule has 20 heavy (non-hydrogen) atoms. The molecule has 0 atom stereocenters. The zero-order valence-electron chi connectivity index (χ0n) is 10.7. The first-order chi connectivity index (χ1) is 9.83. The average Bonchev–Trinajstić information content (AvgIpc) is 2.93. The van der Waals surface area contributed by atoms with Crippen molar-refractivity contribution < 1.29 is 0 Å². The Labute approximate surface area is 121 Å². The third-order valence-electron chi connectivity index (χ3n) is 2.87. The number of hydrogen-bond donors (Lipinski definition) is 1. The van der Waals surface area contributed by atoms with Crippen molar-refractivity contribution in [2.24, 2.45) is 0 Å². The maximum absolute atomic E-state index is 5.71. The van der Waals surface area contributed by atoms with Crippen LogP contribution in [0.15, 0.2) is 60.7 Å². The minimum atomic E-state index is 0.481. The van der Waals surface area contributed by atoms with Crippen molar-refractivity contribution in [2.75, 3.05) is 5.73 Å². The highest BCUT2D eigenvalue weighted by molar-refractivity contribution is 7.16. The first kappa shape index (κ1) is 12.6. The van der Waals surface area contributed by atoms with Crippen LogP contribution in [-0.2, 0) is 0 Å². The molecule has 0 saturated carbocycles. The number of anilines is 1. The van der Waals surface area contributed by atoms with E-state index in [-0.39, 0.29) is 0 Å². The SMILES string of the molecule is Nc1nnc(/C(=C/c2ccccc2)c2ccccc2)s1. The maximum atomic E-state index is 5.71. The van der Waals surface area contributed by atoms with Gasteiger partial charge in [0.05, 0.1) is 0 Å². The van der Waals surface area contributed by atoms with Gasteiger partial charge in [-0.1, -0.05) is 72.0 Å². The van der Waals surface area contributed by atoms with Gasteiger partial charge in [-0.3, -0.25) is 0 Å². The lowest BCUT2D eigenvalue weighted by atomic mass is 10.0. The zero-order chi connectivity index (χ0) is 13.8. The lowest BCUT2D eigenvalue weighted by Gasteiger charge is -2.04. The highest BCUT2D eigenvalue weighted by atomic mass is 32.1. The van der Waals surface area contributed by atoms with E-state index in [4.69, 9.17) is 5.73 Å². The molecule has 1 heterocycles. The molecule has 0 saturated heterocycles. The monoisotopic (exact) mass is 279 g/mol. The second kappa shape index (κ2) is 5.67. The van der Waals surface area contributed by atoms with Crippen molar-refractivity contribution >= 4 is 28.1 Å². The fourth-order valence-corrected chi connectivity index (χ4v) is 2.59. The summed E-state index contributed by atoms with van der Waals surface area (Å²) in [6.45, 7) is 0. The van der Waals surface area contributed by atoms with Crippen molar-refractivity contribution in [3.8, 4) is 0 Å². The molecule has 3 nitrogen and oxygen atoms in total. The second-order valence-electron chi connectivity index (χ2n) is 4.28. The molecule has 3 rings (SSSR count). The van der Waals surface area contributed by atoms with Gasteiger partial charge in [-0.15, -0.1) is 10.2 Å². The normalized spacial score (nSPS) is 11.5. The van der Waals surface area contributed by atoms with E-state index in [0.29, 0.717) is 5.13 Å². The lowest BCUT2D eigenvalue weighted by Crippen LogP contribution is -1.87. The number of rotatable bonds is 3. The van der Waals surface area contributed by atoms with Crippen LogP contribution >= 0.6 is 11.3 Å². The number of hydrogen-bond acceptors (Lipinski definition) is 4. The van der Waals surface area contributed by atoms with Crippen LogP contribution in [0.4, 0.5) is 5.13 Å². The molecule has 2 N–H and O–H groups in total. The highest BCUT2D eigenvalue weighted by Crippen LogP contribution is 2.28. The van der Waals surface area contributed by atoms with Crippen molar-refractivity contribution in [1.29, 1.82) is 0 Å². The molecule has 0 amide bonds. The smallest absolute Gasteiger partial charge is 0.203 e. The molecular formula is C16H13N3S. The second-order valence-corrected chi connectivity index (χ2v) is 5.29. The van der Waals surface area contributed by atoms with E-state index in [2.05, 4.69) is 40.5 Å². The van der Waals surface area contributed by atoms with Crippen molar-refractivity contribution in [1.82, 2.24) is 10.2 Å². The van der Waals surface area contributed by atoms with E-state index in [1.54, 1.807) is 0 Å². The van der Waals surface area contributed by atoms with Gasteiger partial charge in [-0.2, -0.15) is 0 Å². The molecule has 3 aromatic rings. The predicted octanol–water partition coefficient (Wildman–Crippen LogP) is 3.71. The van der Waals surface area contributed by atoms with Crippen molar-refractivity contribution in [3.63, 3.8) is 0 Å². The number of nitrogens with two attached hydrogens (primary N) is 1. The third kappa shape index (κ3) is 2.75. The molecule has 4 heteroatoms. The van der Waals surface area contributed by atoms with E-state index < -0.39 is 0 Å². The van der Waals surface area contributed by atoms with E-state index in [1.807, 2.05) is 36.4 Å². The van der Waals surface area contributed by atoms with Gasteiger partial charge in [-0.25, -0.2) is 0 Å². The number of nitrogen functional groups attached to an aromatic ring is 1. The average molecular weight is 279 g/mol. The van der Waals surface area contributed by atoms with Crippen LogP contribution in [0.25, 0.3) is 11.6 Å². The minimum Gasteiger partial charge on any atom is -0.374 e. The maximum Gasteiger partial charge on any atom is 0.203 e. The Morgan fingerprint density at radius 2 is 1.55 bits per heavy atom. The third-order valence-corrected chi connectivity index (χ3v) is 3.65. The van der Waals surface area contributed by atoms with Gasteiger partial charge in [0.15, 0.2) is 0 Å². The lowest BCUT2D eigenvalue weighted by molar-refractivity contribution is 1.08. The van der Waals surface area contributed by atoms with Crippen LogP contribution in [0.2, 0.25) is 0 Å². The summed E-state index contributed by atoms with van der Waals surface area (Å²) in [4.78, 5) is 0. The summed E-state index contributed by atoms with van der Waals surface area (Å²) in [5.74, 6) is 0. The largest absolute Gasteiger partial charge is 0.374 e. The first-order valence-corrected chi connectivity index (χ1v) is 7.06. The Morgan fingerprint density at radius 3 is 2.15 bits per heavy atom. The summed E-state index contributed by atoms with van der Waals surface area (Å²) in [6.07, 6.45) is 2.11. The molecule has 1 aromatic heterocycles. The van der Waals surface area contributed by atoms with Crippen molar-refractivity contribution in [3.05, 3.63) is 76.8 Å². The van der Waals surface area contributed by atoms with E-state index in [1.165, 1.54) is 11.3 Å². The van der Waals surface area contributed by atoms with Crippen LogP contribution in [0.5, 0.6) is 0 Å². The molecule has 0 radical (unpaired) electrons. The first-order valence-electron chi connectivity index (χ1n) is 6.24. The minimum absolute atomic E-state index is 0.481. The van der Waals surface area contributed by atoms with E-state index >= 15 is 0 Å². The summed E-state index contributed by atoms with van der Waals surface area (Å²) in [7, 11) is 0. The fraction of sp³-hybridized carbons (Fsp3) is 0. The van der Waals surface area contributed by atoms with Gasteiger partial charge < -0.3 is 5.73 Å². The Balaban J connectivity index is 2.11. The Kier molecular flexibility index (Phi) is 3.56. The van der Waals surface area contributed by atoms with Crippen LogP contribution in [-0.4, -0.2) is 10.2 Å². The molecule has 0 spiro atoms. The van der Waals surface area contributed by atoms with E-state index in [0.717, 1.165) is 21.7 Å². The Hall–Kier alpha value is -2.46. The Morgan fingerprint density at radius 1 is 0.900 bits per heavy atom. The topological polar surface area (TPSA) is 51.8 Å². The van der Waals surface area contributed by atoms with Gasteiger partial charge in [0.2, 0.25) is 5.13 Å². The molecule has 0 aliphatic heterocycles.